The standard InChI is InChI=1S/C25H19Cl2N3O4/c1-33-22-11-21(16(12-28)8-20(22)27)34-23-9-14(5-6-19(23)26)17-10-24(31)30(13-17)18-4-2-3-15(7-18)25(29)32/h2-9,11,17H,10,13H2,1H3,(H2,29,32)/t17-/m0/s1. The number of benzene rings is 3. The first-order valence-corrected chi connectivity index (χ1v) is 11.0. The van der Waals surface area contributed by atoms with E-state index in [0.717, 1.165) is 5.56 Å². The summed E-state index contributed by atoms with van der Waals surface area (Å²) in [6.07, 6.45) is 0.278. The van der Waals surface area contributed by atoms with Gasteiger partial charge < -0.3 is 20.1 Å². The van der Waals surface area contributed by atoms with E-state index in [1.54, 1.807) is 41.3 Å². The molecule has 9 heteroatoms. The second kappa shape index (κ2) is 9.64. The minimum absolute atomic E-state index is 0.0711. The zero-order valence-electron chi connectivity index (χ0n) is 18.0. The summed E-state index contributed by atoms with van der Waals surface area (Å²) in [5, 5.41) is 10.1. The minimum Gasteiger partial charge on any atom is -0.495 e. The molecule has 1 aliphatic heterocycles. The molecule has 1 atom stereocenters. The van der Waals surface area contributed by atoms with Gasteiger partial charge in [-0.25, -0.2) is 0 Å². The Morgan fingerprint density at radius 2 is 1.88 bits per heavy atom. The van der Waals surface area contributed by atoms with E-state index in [1.807, 2.05) is 12.1 Å². The summed E-state index contributed by atoms with van der Waals surface area (Å²) >= 11 is 12.5. The number of ether oxygens (including phenoxy) is 2. The molecule has 7 nitrogen and oxygen atoms in total. The van der Waals surface area contributed by atoms with Gasteiger partial charge in [-0.05, 0) is 42.0 Å². The maximum absolute atomic E-state index is 12.8. The number of nitrogens with two attached hydrogens (primary N) is 1. The Kier molecular flexibility index (Phi) is 6.64. The molecule has 0 radical (unpaired) electrons. The van der Waals surface area contributed by atoms with Gasteiger partial charge in [0, 0.05) is 36.2 Å². The number of carbonyl (C=O) groups is 2. The lowest BCUT2D eigenvalue weighted by Crippen LogP contribution is -2.24. The van der Waals surface area contributed by atoms with E-state index in [9.17, 15) is 14.9 Å². The molecule has 2 N–H and O–H groups in total. The number of primary amides is 1. The second-order valence-corrected chi connectivity index (χ2v) is 8.52. The van der Waals surface area contributed by atoms with E-state index < -0.39 is 5.91 Å². The first-order valence-electron chi connectivity index (χ1n) is 10.3. The third-order valence-corrected chi connectivity index (χ3v) is 6.20. The Balaban J connectivity index is 1.61. The molecule has 0 saturated carbocycles. The van der Waals surface area contributed by atoms with Crippen molar-refractivity contribution in [1.29, 1.82) is 5.26 Å². The lowest BCUT2D eigenvalue weighted by Gasteiger charge is -2.18. The van der Waals surface area contributed by atoms with Crippen LogP contribution in [0.1, 0.15) is 33.8 Å². The molecule has 172 valence electrons. The van der Waals surface area contributed by atoms with Gasteiger partial charge in [-0.15, -0.1) is 0 Å². The van der Waals surface area contributed by atoms with E-state index in [-0.39, 0.29) is 34.6 Å². The smallest absolute Gasteiger partial charge is 0.248 e. The average Bonchev–Trinajstić information content (AvgIpc) is 3.22. The van der Waals surface area contributed by atoms with Crippen LogP contribution in [0.3, 0.4) is 0 Å². The second-order valence-electron chi connectivity index (χ2n) is 7.71. The van der Waals surface area contributed by atoms with E-state index in [1.165, 1.54) is 19.2 Å². The summed E-state index contributed by atoms with van der Waals surface area (Å²) in [6.45, 7) is 0.417. The lowest BCUT2D eigenvalue weighted by atomic mass is 9.98. The SMILES string of the molecule is COc1cc(Oc2cc([C@H]3CC(=O)N(c4cccc(C(N)=O)c4)C3)ccc2Cl)c(C#N)cc1Cl. The highest BCUT2D eigenvalue weighted by Crippen LogP contribution is 2.40. The summed E-state index contributed by atoms with van der Waals surface area (Å²) in [7, 11) is 1.46. The van der Waals surface area contributed by atoms with Gasteiger partial charge in [-0.2, -0.15) is 5.26 Å². The van der Waals surface area contributed by atoms with Crippen molar-refractivity contribution in [2.45, 2.75) is 12.3 Å². The molecule has 0 aromatic heterocycles. The number of anilines is 1. The van der Waals surface area contributed by atoms with Gasteiger partial charge in [-0.3, -0.25) is 9.59 Å². The highest BCUT2D eigenvalue weighted by Gasteiger charge is 2.32. The van der Waals surface area contributed by atoms with Gasteiger partial charge in [0.2, 0.25) is 11.8 Å². The number of methoxy groups -OCH3 is 1. The molecule has 34 heavy (non-hydrogen) atoms. The van der Waals surface area contributed by atoms with E-state index in [4.69, 9.17) is 38.4 Å². The zero-order chi connectivity index (χ0) is 24.4. The van der Waals surface area contributed by atoms with Crippen molar-refractivity contribution >= 4 is 40.7 Å². The number of amides is 2. The Labute approximate surface area is 206 Å². The molecule has 2 amide bonds. The molecule has 0 spiro atoms. The van der Waals surface area contributed by atoms with Gasteiger partial charge in [0.15, 0.2) is 0 Å². The van der Waals surface area contributed by atoms with Crippen molar-refractivity contribution in [3.05, 3.63) is 81.3 Å². The monoisotopic (exact) mass is 495 g/mol. The maximum Gasteiger partial charge on any atom is 0.248 e. The third kappa shape index (κ3) is 4.65. The highest BCUT2D eigenvalue weighted by atomic mass is 35.5. The van der Waals surface area contributed by atoms with Crippen LogP contribution in [0.5, 0.6) is 17.2 Å². The number of nitrogens with zero attached hydrogens (tertiary/aromatic N) is 2. The van der Waals surface area contributed by atoms with Crippen molar-refractivity contribution in [1.82, 2.24) is 0 Å². The molecule has 3 aromatic carbocycles. The number of hydrogen-bond acceptors (Lipinski definition) is 5. The van der Waals surface area contributed by atoms with Crippen molar-refractivity contribution < 1.29 is 19.1 Å². The van der Waals surface area contributed by atoms with Crippen LogP contribution in [0.25, 0.3) is 0 Å². The molecule has 1 heterocycles. The Bertz CT molecular complexity index is 1340. The van der Waals surface area contributed by atoms with Crippen molar-refractivity contribution in [3.8, 4) is 23.3 Å². The fourth-order valence-corrected chi connectivity index (χ4v) is 4.24. The number of hydrogen-bond donors (Lipinski definition) is 1. The van der Waals surface area contributed by atoms with Crippen molar-refractivity contribution in [2.24, 2.45) is 5.73 Å². The first kappa shape index (κ1) is 23.4. The van der Waals surface area contributed by atoms with Crippen LogP contribution in [0.2, 0.25) is 10.0 Å². The van der Waals surface area contributed by atoms with Crippen LogP contribution in [0.4, 0.5) is 5.69 Å². The van der Waals surface area contributed by atoms with Gasteiger partial charge in [0.25, 0.3) is 0 Å². The molecule has 1 aliphatic rings. The number of rotatable bonds is 6. The number of halogens is 2. The van der Waals surface area contributed by atoms with Crippen LogP contribution in [0, 0.1) is 11.3 Å². The van der Waals surface area contributed by atoms with Crippen LogP contribution in [-0.4, -0.2) is 25.5 Å². The van der Waals surface area contributed by atoms with E-state index >= 15 is 0 Å². The number of nitriles is 1. The summed E-state index contributed by atoms with van der Waals surface area (Å²) in [5.74, 6) is 0.188. The Hall–Kier alpha value is -3.73. The van der Waals surface area contributed by atoms with Crippen LogP contribution >= 0.6 is 23.2 Å². The van der Waals surface area contributed by atoms with Gasteiger partial charge in [0.05, 0.1) is 22.7 Å². The summed E-state index contributed by atoms with van der Waals surface area (Å²) in [6, 6.07) is 17.0. The van der Waals surface area contributed by atoms with Gasteiger partial charge in [0.1, 0.15) is 23.3 Å². The van der Waals surface area contributed by atoms with Crippen LogP contribution in [0.15, 0.2) is 54.6 Å². The molecule has 3 aromatic rings. The third-order valence-electron chi connectivity index (χ3n) is 5.59. The fourth-order valence-electron chi connectivity index (χ4n) is 3.84. The summed E-state index contributed by atoms with van der Waals surface area (Å²) < 4.78 is 11.2. The molecular weight excluding hydrogens is 477 g/mol. The molecule has 1 fully saturated rings. The quantitative estimate of drug-likeness (QED) is 0.500. The topological polar surface area (TPSA) is 106 Å². The molecular formula is C25H19Cl2N3O4. The van der Waals surface area contributed by atoms with Crippen molar-refractivity contribution in [2.75, 3.05) is 18.6 Å². The molecule has 0 aliphatic carbocycles. The molecule has 4 rings (SSSR count). The van der Waals surface area contributed by atoms with Gasteiger partial charge >= 0.3 is 0 Å². The maximum atomic E-state index is 12.8. The van der Waals surface area contributed by atoms with E-state index in [2.05, 4.69) is 0 Å². The average molecular weight is 496 g/mol. The van der Waals surface area contributed by atoms with Crippen LogP contribution in [-0.2, 0) is 4.79 Å². The molecule has 0 unspecified atom stereocenters. The minimum atomic E-state index is -0.555. The predicted octanol–water partition coefficient (Wildman–Crippen LogP) is 5.29. The normalized spacial score (nSPS) is 15.2. The molecule has 1 saturated heterocycles. The first-order chi connectivity index (χ1) is 16.3. The summed E-state index contributed by atoms with van der Waals surface area (Å²) in [4.78, 5) is 25.9. The number of carbonyl (C=O) groups excluding carboxylic acids is 2. The fraction of sp³-hybridized carbons (Fsp3) is 0.160. The highest BCUT2D eigenvalue weighted by molar-refractivity contribution is 6.32. The predicted molar refractivity (Wildman–Crippen MR) is 129 cm³/mol. The Morgan fingerprint density at radius 3 is 2.59 bits per heavy atom. The van der Waals surface area contributed by atoms with Crippen LogP contribution < -0.4 is 20.1 Å². The van der Waals surface area contributed by atoms with E-state index in [0.29, 0.717) is 34.3 Å². The Morgan fingerprint density at radius 1 is 1.09 bits per heavy atom. The van der Waals surface area contributed by atoms with Crippen molar-refractivity contribution in [3.63, 3.8) is 0 Å². The molecule has 0 bridgehead atoms. The summed E-state index contributed by atoms with van der Waals surface area (Å²) in [5.41, 5.74) is 7.39. The lowest BCUT2D eigenvalue weighted by molar-refractivity contribution is -0.117. The van der Waals surface area contributed by atoms with Gasteiger partial charge in [-0.1, -0.05) is 35.3 Å². The largest absolute Gasteiger partial charge is 0.495 e. The zero-order valence-corrected chi connectivity index (χ0v) is 19.6.